The summed E-state index contributed by atoms with van der Waals surface area (Å²) in [6.45, 7) is 11.2. The van der Waals surface area contributed by atoms with E-state index in [2.05, 4.69) is 10.6 Å². The van der Waals surface area contributed by atoms with Gasteiger partial charge < -0.3 is 29.6 Å². The Balaban J connectivity index is 1.77. The Kier molecular flexibility index (Phi) is 11.1. The molecule has 176 valence electrons. The van der Waals surface area contributed by atoms with Gasteiger partial charge >= 0.3 is 6.03 Å². The molecule has 7 nitrogen and oxygen atoms in total. The molecule has 2 rings (SSSR count). The van der Waals surface area contributed by atoms with Gasteiger partial charge in [-0.3, -0.25) is 0 Å². The Morgan fingerprint density at radius 1 is 0.625 bits per heavy atom. The minimum absolute atomic E-state index is 0.183. The molecule has 0 aromatic heterocycles. The minimum atomic E-state index is -0.183. The first-order valence-electron chi connectivity index (χ1n) is 11.4. The van der Waals surface area contributed by atoms with Crippen LogP contribution < -0.4 is 29.6 Å². The van der Waals surface area contributed by atoms with Gasteiger partial charge in [-0.05, 0) is 75.9 Å². The van der Waals surface area contributed by atoms with Crippen molar-refractivity contribution in [1.82, 2.24) is 10.6 Å². The second-order valence-corrected chi connectivity index (χ2v) is 6.98. The van der Waals surface area contributed by atoms with Crippen LogP contribution in [0.15, 0.2) is 36.4 Å². The van der Waals surface area contributed by atoms with E-state index in [4.69, 9.17) is 18.9 Å². The molecule has 0 radical (unpaired) electrons. The molecular formula is C25H36N2O5. The Morgan fingerprint density at radius 3 is 1.38 bits per heavy atom. The Bertz CT molecular complexity index is 774. The predicted molar refractivity (Wildman–Crippen MR) is 126 cm³/mol. The number of nitrogens with one attached hydrogen (secondary N) is 2. The second kappa shape index (κ2) is 14.1. The maximum atomic E-state index is 12.1. The van der Waals surface area contributed by atoms with E-state index >= 15 is 0 Å². The number of amides is 2. The molecule has 0 heterocycles. The Labute approximate surface area is 191 Å². The summed E-state index contributed by atoms with van der Waals surface area (Å²) >= 11 is 0. The fourth-order valence-electron chi connectivity index (χ4n) is 3.21. The lowest BCUT2D eigenvalue weighted by Gasteiger charge is -2.13. The standard InChI is InChI=1S/C25H36N2O5/c1-5-29-21-11-9-19(17-23(21)31-7-3)13-15-26-25(28)27-16-14-20-10-12-22(30-6-2)24(18-20)32-8-4/h9-12,17-18H,5-8,13-16H2,1-4H3,(H2,26,27,28). The number of hydrogen-bond donors (Lipinski definition) is 2. The lowest BCUT2D eigenvalue weighted by molar-refractivity contribution is 0.241. The summed E-state index contributed by atoms with van der Waals surface area (Å²) < 4.78 is 22.5. The van der Waals surface area contributed by atoms with Crippen LogP contribution in [0.25, 0.3) is 0 Å². The van der Waals surface area contributed by atoms with Crippen molar-refractivity contribution in [1.29, 1.82) is 0 Å². The number of hydrogen-bond acceptors (Lipinski definition) is 5. The molecule has 2 aromatic rings. The van der Waals surface area contributed by atoms with Crippen LogP contribution in [-0.4, -0.2) is 45.5 Å². The van der Waals surface area contributed by atoms with Gasteiger partial charge in [-0.2, -0.15) is 0 Å². The smallest absolute Gasteiger partial charge is 0.314 e. The van der Waals surface area contributed by atoms with Gasteiger partial charge in [0.25, 0.3) is 0 Å². The summed E-state index contributed by atoms with van der Waals surface area (Å²) in [5.41, 5.74) is 2.16. The maximum Gasteiger partial charge on any atom is 0.314 e. The molecule has 0 saturated heterocycles. The van der Waals surface area contributed by atoms with Crippen LogP contribution in [0.5, 0.6) is 23.0 Å². The third kappa shape index (κ3) is 8.21. The molecule has 0 bridgehead atoms. The Morgan fingerprint density at radius 2 is 1.00 bits per heavy atom. The van der Waals surface area contributed by atoms with Crippen LogP contribution in [0.4, 0.5) is 4.79 Å². The molecule has 0 atom stereocenters. The first-order valence-corrected chi connectivity index (χ1v) is 11.4. The third-order valence-corrected chi connectivity index (χ3v) is 4.61. The zero-order chi connectivity index (χ0) is 23.2. The normalized spacial score (nSPS) is 10.4. The summed E-state index contributed by atoms with van der Waals surface area (Å²) in [4.78, 5) is 12.1. The van der Waals surface area contributed by atoms with Gasteiger partial charge in [0, 0.05) is 13.1 Å². The lowest BCUT2D eigenvalue weighted by Crippen LogP contribution is -2.37. The largest absolute Gasteiger partial charge is 0.490 e. The van der Waals surface area contributed by atoms with Crippen molar-refractivity contribution >= 4 is 6.03 Å². The van der Waals surface area contributed by atoms with Crippen molar-refractivity contribution in [3.05, 3.63) is 47.5 Å². The first-order chi connectivity index (χ1) is 15.6. The van der Waals surface area contributed by atoms with E-state index in [1.165, 1.54) is 0 Å². The van der Waals surface area contributed by atoms with Crippen LogP contribution >= 0.6 is 0 Å². The van der Waals surface area contributed by atoms with Crippen LogP contribution in [0.2, 0.25) is 0 Å². The third-order valence-electron chi connectivity index (χ3n) is 4.61. The molecule has 0 unspecified atom stereocenters. The lowest BCUT2D eigenvalue weighted by atomic mass is 10.1. The van der Waals surface area contributed by atoms with Crippen LogP contribution in [0, 0.1) is 0 Å². The van der Waals surface area contributed by atoms with Crippen molar-refractivity contribution in [2.24, 2.45) is 0 Å². The monoisotopic (exact) mass is 444 g/mol. The molecule has 0 spiro atoms. The Hall–Kier alpha value is -3.09. The number of urea groups is 1. The average Bonchev–Trinajstić information content (AvgIpc) is 2.78. The molecule has 7 heteroatoms. The number of carbonyl (C=O) groups excluding carboxylic acids is 1. The molecular weight excluding hydrogens is 408 g/mol. The number of ether oxygens (including phenoxy) is 4. The van der Waals surface area contributed by atoms with Gasteiger partial charge in [0.1, 0.15) is 0 Å². The van der Waals surface area contributed by atoms with E-state index in [9.17, 15) is 4.79 Å². The minimum Gasteiger partial charge on any atom is -0.490 e. The number of rotatable bonds is 14. The van der Waals surface area contributed by atoms with E-state index in [0.717, 1.165) is 34.1 Å². The molecule has 0 fully saturated rings. The fraction of sp³-hybridized carbons (Fsp3) is 0.480. The molecule has 0 aliphatic rings. The second-order valence-electron chi connectivity index (χ2n) is 6.98. The zero-order valence-corrected chi connectivity index (χ0v) is 19.7. The topological polar surface area (TPSA) is 78.1 Å². The molecule has 0 aliphatic heterocycles. The summed E-state index contributed by atoms with van der Waals surface area (Å²) in [5.74, 6) is 2.95. The molecule has 0 saturated carbocycles. The molecule has 2 aromatic carbocycles. The van der Waals surface area contributed by atoms with Gasteiger partial charge in [0.05, 0.1) is 26.4 Å². The van der Waals surface area contributed by atoms with Crippen LogP contribution in [-0.2, 0) is 12.8 Å². The molecule has 2 amide bonds. The van der Waals surface area contributed by atoms with Gasteiger partial charge in [-0.15, -0.1) is 0 Å². The summed E-state index contributed by atoms with van der Waals surface area (Å²) in [7, 11) is 0. The van der Waals surface area contributed by atoms with Gasteiger partial charge in [-0.1, -0.05) is 12.1 Å². The molecule has 0 aliphatic carbocycles. The van der Waals surface area contributed by atoms with E-state index in [0.29, 0.717) is 52.4 Å². The summed E-state index contributed by atoms with van der Waals surface area (Å²) in [5, 5.41) is 5.80. The highest BCUT2D eigenvalue weighted by Crippen LogP contribution is 2.29. The van der Waals surface area contributed by atoms with Crippen molar-refractivity contribution in [3.63, 3.8) is 0 Å². The van der Waals surface area contributed by atoms with Crippen molar-refractivity contribution in [3.8, 4) is 23.0 Å². The number of carbonyl (C=O) groups is 1. The van der Waals surface area contributed by atoms with Crippen LogP contribution in [0.3, 0.4) is 0 Å². The highest BCUT2D eigenvalue weighted by atomic mass is 16.5. The average molecular weight is 445 g/mol. The van der Waals surface area contributed by atoms with Crippen molar-refractivity contribution < 1.29 is 23.7 Å². The van der Waals surface area contributed by atoms with Gasteiger partial charge in [0.15, 0.2) is 23.0 Å². The molecule has 32 heavy (non-hydrogen) atoms. The highest BCUT2D eigenvalue weighted by Gasteiger charge is 2.08. The van der Waals surface area contributed by atoms with E-state index < -0.39 is 0 Å². The van der Waals surface area contributed by atoms with Gasteiger partial charge in [-0.25, -0.2) is 4.79 Å². The fourth-order valence-corrected chi connectivity index (χ4v) is 3.21. The zero-order valence-electron chi connectivity index (χ0n) is 19.7. The summed E-state index contributed by atoms with van der Waals surface area (Å²) in [6, 6.07) is 11.6. The van der Waals surface area contributed by atoms with Crippen molar-refractivity contribution in [2.45, 2.75) is 40.5 Å². The van der Waals surface area contributed by atoms with E-state index in [-0.39, 0.29) is 6.03 Å². The first kappa shape index (κ1) is 25.2. The predicted octanol–water partition coefficient (Wildman–Crippen LogP) is 4.37. The van der Waals surface area contributed by atoms with E-state index in [1.54, 1.807) is 0 Å². The van der Waals surface area contributed by atoms with Gasteiger partial charge in [0.2, 0.25) is 0 Å². The summed E-state index contributed by atoms with van der Waals surface area (Å²) in [6.07, 6.45) is 1.41. The maximum absolute atomic E-state index is 12.1. The quantitative estimate of drug-likeness (QED) is 0.453. The molecule has 2 N–H and O–H groups in total. The van der Waals surface area contributed by atoms with Crippen LogP contribution in [0.1, 0.15) is 38.8 Å². The van der Waals surface area contributed by atoms with Crippen molar-refractivity contribution in [2.75, 3.05) is 39.5 Å². The number of benzene rings is 2. The SMILES string of the molecule is CCOc1ccc(CCNC(=O)NCCc2ccc(OCC)c(OCC)c2)cc1OCC. The highest BCUT2D eigenvalue weighted by molar-refractivity contribution is 5.73. The van der Waals surface area contributed by atoms with E-state index in [1.807, 2.05) is 64.1 Å².